The van der Waals surface area contributed by atoms with Gasteiger partial charge in [-0.15, -0.1) is 0 Å². The highest BCUT2D eigenvalue weighted by molar-refractivity contribution is 6.35. The van der Waals surface area contributed by atoms with Gasteiger partial charge >= 0.3 is 0 Å². The molecule has 0 atom stereocenters. The van der Waals surface area contributed by atoms with Crippen molar-refractivity contribution in [3.05, 3.63) is 92.6 Å². The van der Waals surface area contributed by atoms with Gasteiger partial charge in [0.2, 0.25) is 0 Å². The van der Waals surface area contributed by atoms with Crippen LogP contribution in [0.3, 0.4) is 0 Å². The standard InChI is InChI=1S/C32H30ClN5O/c1-19(2)21-10-6-7-11-27(21)38-28-17-22(29-20(3)12-13-26-24(29)18-35-36-26)25(33)16-23(28)31(30(34-4)32(38)39)37-14-8-5-9-15-37/h6-7,10-13,16-19H,5,8-9,14-15H2,1-3H3,(H,35,36). The molecule has 1 N–H and O–H groups in total. The van der Waals surface area contributed by atoms with E-state index in [9.17, 15) is 4.79 Å². The van der Waals surface area contributed by atoms with Gasteiger partial charge in [-0.2, -0.15) is 5.10 Å². The Morgan fingerprint density at radius 3 is 2.56 bits per heavy atom. The Morgan fingerprint density at radius 1 is 1.05 bits per heavy atom. The third-order valence-corrected chi connectivity index (χ3v) is 8.21. The van der Waals surface area contributed by atoms with Crippen molar-refractivity contribution in [2.75, 3.05) is 18.0 Å². The number of aromatic amines is 1. The van der Waals surface area contributed by atoms with Crippen molar-refractivity contribution in [1.29, 1.82) is 0 Å². The molecule has 0 unspecified atom stereocenters. The molecule has 7 heteroatoms. The fraction of sp³-hybridized carbons (Fsp3) is 0.281. The van der Waals surface area contributed by atoms with E-state index in [0.717, 1.165) is 82.1 Å². The number of fused-ring (bicyclic) bond motifs is 2. The molecule has 39 heavy (non-hydrogen) atoms. The summed E-state index contributed by atoms with van der Waals surface area (Å²) in [4.78, 5) is 20.3. The van der Waals surface area contributed by atoms with Crippen LogP contribution in [0.2, 0.25) is 5.02 Å². The third-order valence-electron chi connectivity index (χ3n) is 7.90. The van der Waals surface area contributed by atoms with Crippen molar-refractivity contribution in [2.45, 2.75) is 46.0 Å². The van der Waals surface area contributed by atoms with Gasteiger partial charge in [0.25, 0.3) is 11.2 Å². The number of rotatable bonds is 4. The van der Waals surface area contributed by atoms with E-state index in [0.29, 0.717) is 10.7 Å². The van der Waals surface area contributed by atoms with Crippen LogP contribution in [-0.4, -0.2) is 27.9 Å². The Labute approximate surface area is 232 Å². The Balaban J connectivity index is 1.78. The van der Waals surface area contributed by atoms with E-state index in [4.69, 9.17) is 18.2 Å². The van der Waals surface area contributed by atoms with Crippen LogP contribution in [0.25, 0.3) is 43.5 Å². The molecule has 0 spiro atoms. The van der Waals surface area contributed by atoms with E-state index in [1.54, 1.807) is 4.57 Å². The molecule has 6 nitrogen and oxygen atoms in total. The first-order chi connectivity index (χ1) is 18.9. The molecule has 196 valence electrons. The minimum atomic E-state index is -0.294. The largest absolute Gasteiger partial charge is 0.380 e. The monoisotopic (exact) mass is 535 g/mol. The number of hydrogen-bond donors (Lipinski definition) is 1. The fourth-order valence-corrected chi connectivity index (χ4v) is 6.27. The Kier molecular flexibility index (Phi) is 6.40. The van der Waals surface area contributed by atoms with E-state index in [2.05, 4.69) is 52.8 Å². The zero-order valence-electron chi connectivity index (χ0n) is 22.4. The summed E-state index contributed by atoms with van der Waals surface area (Å²) in [6.07, 6.45) is 5.04. The van der Waals surface area contributed by atoms with Gasteiger partial charge in [0.05, 0.1) is 35.2 Å². The molecule has 1 aliphatic heterocycles. The molecule has 1 aliphatic rings. The lowest BCUT2D eigenvalue weighted by Crippen LogP contribution is -2.32. The predicted octanol–water partition coefficient (Wildman–Crippen LogP) is 8.16. The summed E-state index contributed by atoms with van der Waals surface area (Å²) < 4.78 is 1.73. The molecular formula is C32H30ClN5O. The number of para-hydroxylation sites is 1. The molecule has 5 aromatic rings. The molecule has 0 amide bonds. The highest BCUT2D eigenvalue weighted by atomic mass is 35.5. The maximum Gasteiger partial charge on any atom is 0.274 e. The zero-order chi connectivity index (χ0) is 27.3. The Bertz CT molecular complexity index is 1840. The highest BCUT2D eigenvalue weighted by Crippen LogP contribution is 2.43. The van der Waals surface area contributed by atoms with Gasteiger partial charge in [0, 0.05) is 34.4 Å². The molecule has 3 aromatic carbocycles. The number of benzene rings is 3. The van der Waals surface area contributed by atoms with Crippen molar-refractivity contribution in [2.24, 2.45) is 0 Å². The number of pyridine rings is 1. The summed E-state index contributed by atoms with van der Waals surface area (Å²) in [7, 11) is 0. The molecule has 3 heterocycles. The normalized spacial score (nSPS) is 13.9. The van der Waals surface area contributed by atoms with Gasteiger partial charge < -0.3 is 4.90 Å². The van der Waals surface area contributed by atoms with Crippen LogP contribution in [0.4, 0.5) is 11.4 Å². The molecule has 6 rings (SSSR count). The number of H-pyrrole nitrogens is 1. The summed E-state index contributed by atoms with van der Waals surface area (Å²) in [6.45, 7) is 16.0. The minimum Gasteiger partial charge on any atom is -0.380 e. The molecule has 0 aliphatic carbocycles. The average Bonchev–Trinajstić information content (AvgIpc) is 3.42. The first-order valence-electron chi connectivity index (χ1n) is 13.5. The van der Waals surface area contributed by atoms with Gasteiger partial charge in [-0.1, -0.05) is 49.7 Å². The number of aryl methyl sites for hydroxylation is 1. The lowest BCUT2D eigenvalue weighted by Gasteiger charge is -2.32. The maximum absolute atomic E-state index is 14.3. The molecule has 2 aromatic heterocycles. The third kappa shape index (κ3) is 4.09. The smallest absolute Gasteiger partial charge is 0.274 e. The van der Waals surface area contributed by atoms with Gasteiger partial charge in [-0.05, 0) is 73.1 Å². The summed E-state index contributed by atoms with van der Waals surface area (Å²) in [6, 6.07) is 16.0. The van der Waals surface area contributed by atoms with E-state index in [-0.39, 0.29) is 17.2 Å². The molecule has 1 fully saturated rings. The van der Waals surface area contributed by atoms with Crippen molar-refractivity contribution >= 4 is 44.8 Å². The van der Waals surface area contributed by atoms with E-state index >= 15 is 0 Å². The molecule has 1 saturated heterocycles. The summed E-state index contributed by atoms with van der Waals surface area (Å²) >= 11 is 7.09. The summed E-state index contributed by atoms with van der Waals surface area (Å²) in [5.74, 6) is 0.190. The summed E-state index contributed by atoms with van der Waals surface area (Å²) in [5, 5.41) is 9.70. The molecule has 0 bridgehead atoms. The predicted molar refractivity (Wildman–Crippen MR) is 161 cm³/mol. The lowest BCUT2D eigenvalue weighted by atomic mass is 9.94. The number of piperidine rings is 1. The van der Waals surface area contributed by atoms with Crippen molar-refractivity contribution < 1.29 is 0 Å². The topological polar surface area (TPSA) is 58.3 Å². The van der Waals surface area contributed by atoms with E-state index < -0.39 is 0 Å². The van der Waals surface area contributed by atoms with Crippen LogP contribution in [-0.2, 0) is 0 Å². The Hall–Kier alpha value is -4.08. The van der Waals surface area contributed by atoms with Crippen LogP contribution in [0.15, 0.2) is 59.5 Å². The minimum absolute atomic E-state index is 0.153. The number of aromatic nitrogens is 3. The maximum atomic E-state index is 14.3. The highest BCUT2D eigenvalue weighted by Gasteiger charge is 2.26. The van der Waals surface area contributed by atoms with Crippen LogP contribution < -0.4 is 10.5 Å². The molecule has 0 saturated carbocycles. The van der Waals surface area contributed by atoms with Crippen LogP contribution >= 0.6 is 11.6 Å². The lowest BCUT2D eigenvalue weighted by molar-refractivity contribution is 0.579. The quantitative estimate of drug-likeness (QED) is 0.236. The van der Waals surface area contributed by atoms with Crippen LogP contribution in [0.1, 0.15) is 50.2 Å². The van der Waals surface area contributed by atoms with Crippen LogP contribution in [0, 0.1) is 13.5 Å². The van der Waals surface area contributed by atoms with Gasteiger partial charge in [-0.25, -0.2) is 4.85 Å². The number of hydrogen-bond acceptors (Lipinski definition) is 3. The number of anilines is 1. The first kappa shape index (κ1) is 25.2. The fourth-order valence-electron chi connectivity index (χ4n) is 6.01. The van der Waals surface area contributed by atoms with Gasteiger partial charge in [0.15, 0.2) is 0 Å². The molecule has 0 radical (unpaired) electrons. The zero-order valence-corrected chi connectivity index (χ0v) is 23.1. The summed E-state index contributed by atoms with van der Waals surface area (Å²) in [5.41, 5.74) is 6.97. The van der Waals surface area contributed by atoms with Crippen molar-refractivity contribution in [3.8, 4) is 16.8 Å². The van der Waals surface area contributed by atoms with Crippen molar-refractivity contribution in [3.63, 3.8) is 0 Å². The second kappa shape index (κ2) is 9.91. The van der Waals surface area contributed by atoms with Crippen molar-refractivity contribution in [1.82, 2.24) is 14.8 Å². The van der Waals surface area contributed by atoms with E-state index in [1.165, 1.54) is 0 Å². The average molecular weight is 536 g/mol. The first-order valence-corrected chi connectivity index (χ1v) is 13.9. The molecular weight excluding hydrogens is 506 g/mol. The Morgan fingerprint density at radius 2 is 1.82 bits per heavy atom. The number of halogens is 1. The SMILES string of the molecule is [C-]#[N+]c1c(N2CCCCC2)c2cc(Cl)c(-c3c(C)ccc4[nH]ncc34)cc2n(-c2ccccc2C(C)C)c1=O. The second-order valence-electron chi connectivity index (χ2n) is 10.6. The van der Waals surface area contributed by atoms with Gasteiger partial charge in [0.1, 0.15) is 0 Å². The van der Waals surface area contributed by atoms with Gasteiger partial charge in [-0.3, -0.25) is 14.5 Å². The van der Waals surface area contributed by atoms with E-state index in [1.807, 2.05) is 42.6 Å². The van der Waals surface area contributed by atoms with Crippen LogP contribution in [0.5, 0.6) is 0 Å². The number of nitrogens with one attached hydrogen (secondary N) is 1. The number of nitrogens with zero attached hydrogens (tertiary/aromatic N) is 4. The second-order valence-corrected chi connectivity index (χ2v) is 11.1.